The monoisotopic (exact) mass is 468 g/mol. The molecule has 2 heteroatoms. The first-order chi connectivity index (χ1) is 18.4. The van der Waals surface area contributed by atoms with Crippen molar-refractivity contribution in [2.45, 2.75) is 0 Å². The highest BCUT2D eigenvalue weighted by Gasteiger charge is 2.23. The van der Waals surface area contributed by atoms with Gasteiger partial charge in [-0.15, -0.1) is 0 Å². The van der Waals surface area contributed by atoms with Gasteiger partial charge in [-0.3, -0.25) is 4.99 Å². The Hall–Kier alpha value is -4.95. The average Bonchev–Trinajstić information content (AvgIpc) is 3.43. The van der Waals surface area contributed by atoms with Crippen molar-refractivity contribution in [1.82, 2.24) is 4.57 Å². The molecule has 6 aromatic carbocycles. The standard InChI is InChI=1S/C35H20N2/c1-2-10-26-25(9-1)29-13-6-12-28-24(17-18-30(26)33(28)29)21-7-5-8-23(19-21)37-32-14-4-3-11-27(32)31-16-15-22-20-36-34(22)35(31)37/h1-20H. The SMILES string of the molecule is C1=Nc2c1ccc1c3ccccc3n(-c3cccc(-c4ccc5c6c(cccc46)-c4ccccc4-5)c3)c21. The van der Waals surface area contributed by atoms with E-state index in [-0.39, 0.29) is 0 Å². The largest absolute Gasteiger partial charge is 0.307 e. The van der Waals surface area contributed by atoms with Crippen LogP contribution in [0.5, 0.6) is 0 Å². The molecule has 0 fully saturated rings. The van der Waals surface area contributed by atoms with Crippen molar-refractivity contribution in [1.29, 1.82) is 0 Å². The second-order valence-electron chi connectivity index (χ2n) is 10.00. The molecule has 1 aromatic heterocycles. The van der Waals surface area contributed by atoms with E-state index in [0.717, 1.165) is 11.4 Å². The van der Waals surface area contributed by atoms with Crippen molar-refractivity contribution in [2.75, 3.05) is 0 Å². The molecule has 0 N–H and O–H groups in total. The lowest BCUT2D eigenvalue weighted by atomic mass is 9.94. The molecule has 0 amide bonds. The third-order valence-corrected chi connectivity index (χ3v) is 8.14. The molecule has 0 bridgehead atoms. The molecule has 2 nitrogen and oxygen atoms in total. The fourth-order valence-corrected chi connectivity index (χ4v) is 6.50. The lowest BCUT2D eigenvalue weighted by Gasteiger charge is -2.16. The Balaban J connectivity index is 1.31. The van der Waals surface area contributed by atoms with Crippen LogP contribution in [0.25, 0.3) is 71.6 Å². The van der Waals surface area contributed by atoms with E-state index in [0.29, 0.717) is 0 Å². The Labute approximate surface area is 213 Å². The number of hydrogen-bond acceptors (Lipinski definition) is 1. The van der Waals surface area contributed by atoms with Gasteiger partial charge in [0.05, 0.1) is 16.7 Å². The van der Waals surface area contributed by atoms with Crippen LogP contribution in [0.1, 0.15) is 5.56 Å². The topological polar surface area (TPSA) is 17.3 Å². The fraction of sp³-hybridized carbons (Fsp3) is 0. The number of hydrogen-bond donors (Lipinski definition) is 0. The smallest absolute Gasteiger partial charge is 0.0964 e. The fourth-order valence-electron chi connectivity index (χ4n) is 6.50. The minimum absolute atomic E-state index is 1.09. The van der Waals surface area contributed by atoms with Crippen molar-refractivity contribution in [2.24, 2.45) is 4.99 Å². The number of nitrogens with zero attached hydrogens (tertiary/aromatic N) is 2. The second kappa shape index (κ2) is 6.83. The van der Waals surface area contributed by atoms with Crippen LogP contribution < -0.4 is 0 Å². The predicted octanol–water partition coefficient (Wildman–Crippen LogP) is 9.32. The number of rotatable bonds is 2. The van der Waals surface area contributed by atoms with Crippen LogP contribution in [-0.4, -0.2) is 10.8 Å². The molecule has 9 rings (SSSR count). The number of aliphatic imine (C=N–C) groups is 1. The van der Waals surface area contributed by atoms with E-state index >= 15 is 0 Å². The molecule has 0 unspecified atom stereocenters. The Morgan fingerprint density at radius 2 is 1.24 bits per heavy atom. The van der Waals surface area contributed by atoms with Gasteiger partial charge < -0.3 is 4.57 Å². The van der Waals surface area contributed by atoms with Gasteiger partial charge in [-0.2, -0.15) is 0 Å². The van der Waals surface area contributed by atoms with Crippen LogP contribution in [-0.2, 0) is 0 Å². The minimum atomic E-state index is 1.09. The van der Waals surface area contributed by atoms with Gasteiger partial charge >= 0.3 is 0 Å². The van der Waals surface area contributed by atoms with Crippen molar-refractivity contribution in [3.05, 3.63) is 121 Å². The number of benzene rings is 6. The van der Waals surface area contributed by atoms with E-state index in [4.69, 9.17) is 0 Å². The Bertz CT molecular complexity index is 2110. The molecule has 0 radical (unpaired) electrons. The summed E-state index contributed by atoms with van der Waals surface area (Å²) in [6.45, 7) is 0. The van der Waals surface area contributed by atoms with Crippen LogP contribution in [0.4, 0.5) is 5.69 Å². The van der Waals surface area contributed by atoms with Crippen LogP contribution in [0.3, 0.4) is 0 Å². The summed E-state index contributed by atoms with van der Waals surface area (Å²) in [4.78, 5) is 4.66. The minimum Gasteiger partial charge on any atom is -0.307 e. The van der Waals surface area contributed by atoms with E-state index in [2.05, 4.69) is 125 Å². The van der Waals surface area contributed by atoms with Gasteiger partial charge in [0.1, 0.15) is 0 Å². The van der Waals surface area contributed by atoms with Crippen molar-refractivity contribution in [3.8, 4) is 39.1 Å². The van der Waals surface area contributed by atoms with Crippen LogP contribution >= 0.6 is 0 Å². The van der Waals surface area contributed by atoms with Crippen LogP contribution in [0.2, 0.25) is 0 Å². The molecule has 2 heterocycles. The first-order valence-electron chi connectivity index (χ1n) is 12.7. The van der Waals surface area contributed by atoms with Crippen LogP contribution in [0, 0.1) is 0 Å². The first kappa shape index (κ1) is 19.3. The zero-order valence-corrected chi connectivity index (χ0v) is 19.9. The summed E-state index contributed by atoms with van der Waals surface area (Å²) in [5, 5.41) is 5.18. The molecule has 0 saturated heterocycles. The quantitative estimate of drug-likeness (QED) is 0.240. The van der Waals surface area contributed by atoms with Gasteiger partial charge in [0.15, 0.2) is 0 Å². The maximum absolute atomic E-state index is 4.66. The van der Waals surface area contributed by atoms with Crippen molar-refractivity contribution < 1.29 is 0 Å². The van der Waals surface area contributed by atoms with Crippen molar-refractivity contribution >= 4 is 44.5 Å². The van der Waals surface area contributed by atoms with Gasteiger partial charge in [0, 0.05) is 28.2 Å². The molecule has 1 aliphatic heterocycles. The van der Waals surface area contributed by atoms with E-state index < -0.39 is 0 Å². The second-order valence-corrected chi connectivity index (χ2v) is 10.00. The molecule has 2 aliphatic rings. The third kappa shape index (κ3) is 2.42. The Kier molecular flexibility index (Phi) is 3.56. The molecular weight excluding hydrogens is 448 g/mol. The number of aromatic nitrogens is 1. The van der Waals surface area contributed by atoms with Crippen LogP contribution in [0.15, 0.2) is 120 Å². The van der Waals surface area contributed by atoms with Gasteiger partial charge in [0.25, 0.3) is 0 Å². The molecule has 170 valence electrons. The van der Waals surface area contributed by atoms with E-state index in [1.54, 1.807) is 0 Å². The highest BCUT2D eigenvalue weighted by atomic mass is 15.0. The Morgan fingerprint density at radius 1 is 0.514 bits per heavy atom. The molecular formula is C35H20N2. The van der Waals surface area contributed by atoms with Gasteiger partial charge in [-0.05, 0) is 62.4 Å². The zero-order chi connectivity index (χ0) is 24.1. The summed E-state index contributed by atoms with van der Waals surface area (Å²) in [5.41, 5.74) is 13.7. The highest BCUT2D eigenvalue weighted by molar-refractivity contribution is 6.19. The highest BCUT2D eigenvalue weighted by Crippen LogP contribution is 2.49. The van der Waals surface area contributed by atoms with Crippen molar-refractivity contribution in [3.63, 3.8) is 0 Å². The summed E-state index contributed by atoms with van der Waals surface area (Å²) in [5.74, 6) is 0. The summed E-state index contributed by atoms with van der Waals surface area (Å²) >= 11 is 0. The zero-order valence-electron chi connectivity index (χ0n) is 19.9. The summed E-state index contributed by atoms with van der Waals surface area (Å²) in [6, 6.07) is 42.1. The molecule has 7 aromatic rings. The average molecular weight is 469 g/mol. The Morgan fingerprint density at radius 3 is 2.11 bits per heavy atom. The summed E-state index contributed by atoms with van der Waals surface area (Å²) < 4.78 is 2.39. The molecule has 0 spiro atoms. The predicted molar refractivity (Wildman–Crippen MR) is 155 cm³/mol. The third-order valence-electron chi connectivity index (χ3n) is 8.14. The van der Waals surface area contributed by atoms with E-state index in [1.807, 2.05) is 6.21 Å². The van der Waals surface area contributed by atoms with Gasteiger partial charge in [-0.1, -0.05) is 97.1 Å². The maximum atomic E-state index is 4.66. The molecule has 1 aliphatic carbocycles. The molecule has 37 heavy (non-hydrogen) atoms. The molecule has 0 atom stereocenters. The normalized spacial score (nSPS) is 12.8. The lowest BCUT2D eigenvalue weighted by molar-refractivity contribution is 1.17. The lowest BCUT2D eigenvalue weighted by Crippen LogP contribution is -1.99. The number of fused-ring (bicyclic) bond motifs is 8. The molecule has 0 saturated carbocycles. The van der Waals surface area contributed by atoms with Gasteiger partial charge in [-0.25, -0.2) is 0 Å². The summed E-state index contributed by atoms with van der Waals surface area (Å²) in [7, 11) is 0. The number of para-hydroxylation sites is 1. The van der Waals surface area contributed by atoms with Gasteiger partial charge in [0.2, 0.25) is 0 Å². The van der Waals surface area contributed by atoms with E-state index in [1.165, 1.54) is 71.5 Å². The summed E-state index contributed by atoms with van der Waals surface area (Å²) in [6.07, 6.45) is 1.96. The van der Waals surface area contributed by atoms with E-state index in [9.17, 15) is 0 Å². The first-order valence-corrected chi connectivity index (χ1v) is 12.7. The maximum Gasteiger partial charge on any atom is 0.0964 e.